The number of carboxylic acids is 2. The molecule has 0 bridgehead atoms. The van der Waals surface area contributed by atoms with E-state index in [1.165, 1.54) is 70.6 Å². The average molecular weight is 384 g/mol. The highest BCUT2D eigenvalue weighted by Gasteiger charge is 2.06. The van der Waals surface area contributed by atoms with E-state index in [2.05, 4.69) is 18.2 Å². The summed E-state index contributed by atoms with van der Waals surface area (Å²) in [5, 5.41) is 19.4. The molecule has 1 atom stereocenters. The maximum absolute atomic E-state index is 10.3. The minimum Gasteiger partial charge on any atom is -0.481 e. The lowest BCUT2D eigenvalue weighted by Crippen LogP contribution is -2.33. The van der Waals surface area contributed by atoms with Crippen LogP contribution in [0.5, 0.6) is 0 Å². The summed E-state index contributed by atoms with van der Waals surface area (Å²) in [6, 6.07) is -0.555. The van der Waals surface area contributed by atoms with Crippen LogP contribution in [0.1, 0.15) is 104 Å². The molecule has 0 aliphatic rings. The highest BCUT2D eigenvalue weighted by molar-refractivity contribution is 5.72. The monoisotopic (exact) mass is 383 g/mol. The Labute approximate surface area is 166 Å². The van der Waals surface area contributed by atoms with E-state index in [0.717, 1.165) is 12.8 Å². The Hall–Kier alpha value is -1.54. The van der Waals surface area contributed by atoms with E-state index in [-0.39, 0.29) is 0 Å². The topological polar surface area (TPSA) is 86.6 Å². The van der Waals surface area contributed by atoms with Crippen LogP contribution in [-0.2, 0) is 9.59 Å². The van der Waals surface area contributed by atoms with Crippen LogP contribution in [0.3, 0.4) is 0 Å². The molecule has 0 saturated heterocycles. The number of hydrogen-bond donors (Lipinski definition) is 3. The average Bonchev–Trinajstić information content (AvgIpc) is 2.63. The first-order valence-electron chi connectivity index (χ1n) is 10.6. The molecule has 0 radical (unpaired) electrons. The molecule has 0 amide bonds. The summed E-state index contributed by atoms with van der Waals surface area (Å²) in [4.78, 5) is 20.4. The summed E-state index contributed by atoms with van der Waals surface area (Å²) < 4.78 is 0. The van der Waals surface area contributed by atoms with Crippen LogP contribution in [0.4, 0.5) is 0 Å². The van der Waals surface area contributed by atoms with Gasteiger partial charge in [-0.15, -0.1) is 6.42 Å². The minimum absolute atomic E-state index is 0.299. The highest BCUT2D eigenvalue weighted by Crippen LogP contribution is 2.12. The zero-order valence-corrected chi connectivity index (χ0v) is 17.5. The molecule has 0 aliphatic heterocycles. The van der Waals surface area contributed by atoms with Crippen molar-refractivity contribution in [2.24, 2.45) is 0 Å². The van der Waals surface area contributed by atoms with Crippen molar-refractivity contribution in [1.82, 2.24) is 5.32 Å². The van der Waals surface area contributed by atoms with Gasteiger partial charge in [0.25, 0.3) is 0 Å². The van der Waals surface area contributed by atoms with Crippen LogP contribution in [0.25, 0.3) is 0 Å². The lowest BCUT2D eigenvalue weighted by molar-refractivity contribution is -0.139. The molecule has 5 heteroatoms. The largest absolute Gasteiger partial charge is 0.481 e. The zero-order valence-electron chi connectivity index (χ0n) is 17.5. The van der Waals surface area contributed by atoms with Gasteiger partial charge < -0.3 is 10.2 Å². The Kier molecular flexibility index (Phi) is 23.1. The van der Waals surface area contributed by atoms with Gasteiger partial charge in [-0.2, -0.15) is 0 Å². The van der Waals surface area contributed by atoms with Gasteiger partial charge in [0.1, 0.15) is 6.04 Å². The summed E-state index contributed by atoms with van der Waals surface area (Å²) in [5.74, 6) is 0.740. The fraction of sp³-hybridized carbons (Fsp3) is 0.818. The first-order chi connectivity index (χ1) is 13.0. The van der Waals surface area contributed by atoms with Gasteiger partial charge >= 0.3 is 11.9 Å². The summed E-state index contributed by atoms with van der Waals surface area (Å²) in [7, 11) is 0. The van der Waals surface area contributed by atoms with Crippen LogP contribution < -0.4 is 5.32 Å². The Balaban J connectivity index is 0. The maximum Gasteiger partial charge on any atom is 0.320 e. The van der Waals surface area contributed by atoms with Gasteiger partial charge in [0.2, 0.25) is 0 Å². The fourth-order valence-electron chi connectivity index (χ4n) is 2.59. The molecule has 0 aromatic rings. The van der Waals surface area contributed by atoms with Crippen molar-refractivity contribution in [3.8, 4) is 12.3 Å². The number of unbranched alkanes of at least 4 members (excludes halogenated alkanes) is 12. The summed E-state index contributed by atoms with van der Waals surface area (Å²) in [6.07, 6.45) is 22.1. The molecule has 1 unspecified atom stereocenters. The van der Waals surface area contributed by atoms with Gasteiger partial charge in [0.15, 0.2) is 0 Å². The van der Waals surface area contributed by atoms with Crippen molar-refractivity contribution in [3.05, 3.63) is 0 Å². The van der Waals surface area contributed by atoms with Crippen molar-refractivity contribution >= 4 is 11.9 Å². The highest BCUT2D eigenvalue weighted by atomic mass is 16.4. The molecule has 27 heavy (non-hydrogen) atoms. The molecule has 3 N–H and O–H groups in total. The fourth-order valence-corrected chi connectivity index (χ4v) is 2.59. The molecule has 0 saturated carbocycles. The number of hydrogen-bond acceptors (Lipinski definition) is 3. The molecule has 158 valence electrons. The van der Waals surface area contributed by atoms with Gasteiger partial charge in [-0.1, -0.05) is 89.9 Å². The second kappa shape index (κ2) is 22.5. The van der Waals surface area contributed by atoms with Gasteiger partial charge in [0, 0.05) is 6.42 Å². The summed E-state index contributed by atoms with van der Waals surface area (Å²) >= 11 is 0. The molecule has 0 fully saturated rings. The van der Waals surface area contributed by atoms with E-state index in [4.69, 9.17) is 16.6 Å². The molecule has 0 aromatic carbocycles. The van der Waals surface area contributed by atoms with Crippen molar-refractivity contribution in [2.75, 3.05) is 6.54 Å². The standard InChI is InChI=1S/C16H32O2.C6H9NO2/c1-2-3-4-5-6-7-8-9-10-11-12-13-14-15-16(17)18;1-3-4-7-5(2)6(8)9/h2-15H2,1H3,(H,17,18);1,5,7H,4H2,2H3,(H,8,9). The van der Waals surface area contributed by atoms with Crippen LogP contribution in [0, 0.1) is 12.3 Å². The predicted octanol–water partition coefficient (Wildman–Crippen LogP) is 5.23. The van der Waals surface area contributed by atoms with Crippen molar-refractivity contribution in [1.29, 1.82) is 0 Å². The molecule has 0 aliphatic carbocycles. The van der Waals surface area contributed by atoms with E-state index >= 15 is 0 Å². The molecule has 0 rings (SSSR count). The molecule has 0 spiro atoms. The smallest absolute Gasteiger partial charge is 0.320 e. The van der Waals surface area contributed by atoms with E-state index in [1.54, 1.807) is 6.92 Å². The number of aliphatic carboxylic acids is 2. The lowest BCUT2D eigenvalue weighted by atomic mass is 10.0. The second-order valence-corrected chi connectivity index (χ2v) is 7.03. The second-order valence-electron chi connectivity index (χ2n) is 7.03. The number of nitrogens with one attached hydrogen (secondary N) is 1. The Morgan fingerprint density at radius 1 is 0.852 bits per heavy atom. The first-order valence-corrected chi connectivity index (χ1v) is 10.6. The molecule has 0 heterocycles. The summed E-state index contributed by atoms with van der Waals surface area (Å²) in [5.41, 5.74) is 0. The lowest BCUT2D eigenvalue weighted by Gasteiger charge is -2.03. The van der Waals surface area contributed by atoms with Crippen molar-refractivity contribution < 1.29 is 19.8 Å². The third kappa shape index (κ3) is 26.8. The summed E-state index contributed by atoms with van der Waals surface area (Å²) in [6.45, 7) is 4.10. The van der Waals surface area contributed by atoms with Crippen molar-refractivity contribution in [2.45, 2.75) is 110 Å². The first kappa shape index (κ1) is 27.7. The predicted molar refractivity (Wildman–Crippen MR) is 112 cm³/mol. The van der Waals surface area contributed by atoms with Crippen LogP contribution in [0.15, 0.2) is 0 Å². The van der Waals surface area contributed by atoms with Crippen molar-refractivity contribution in [3.63, 3.8) is 0 Å². The van der Waals surface area contributed by atoms with E-state index in [9.17, 15) is 9.59 Å². The minimum atomic E-state index is -0.884. The van der Waals surface area contributed by atoms with Gasteiger partial charge in [-0.05, 0) is 13.3 Å². The molecular weight excluding hydrogens is 342 g/mol. The third-order valence-corrected chi connectivity index (χ3v) is 4.37. The zero-order chi connectivity index (χ0) is 20.8. The SMILES string of the molecule is C#CCNC(C)C(=O)O.CCCCCCCCCCCCCCCC(=O)O. The Bertz CT molecular complexity index is 390. The van der Waals surface area contributed by atoms with Crippen LogP contribution in [0.2, 0.25) is 0 Å². The maximum atomic E-state index is 10.3. The quantitative estimate of drug-likeness (QED) is 0.236. The Morgan fingerprint density at radius 2 is 1.26 bits per heavy atom. The number of rotatable bonds is 17. The van der Waals surface area contributed by atoms with E-state index < -0.39 is 18.0 Å². The van der Waals surface area contributed by atoms with Crippen LogP contribution >= 0.6 is 0 Å². The number of terminal acetylenes is 1. The van der Waals surface area contributed by atoms with Gasteiger partial charge in [-0.3, -0.25) is 14.9 Å². The normalized spacial score (nSPS) is 11.1. The molecule has 5 nitrogen and oxygen atoms in total. The van der Waals surface area contributed by atoms with E-state index in [1.807, 2.05) is 0 Å². The van der Waals surface area contributed by atoms with Gasteiger partial charge in [-0.25, -0.2) is 0 Å². The third-order valence-electron chi connectivity index (χ3n) is 4.37. The molecular formula is C22H41NO4. The Morgan fingerprint density at radius 3 is 1.59 bits per heavy atom. The van der Waals surface area contributed by atoms with Gasteiger partial charge in [0.05, 0.1) is 6.54 Å². The number of carboxylic acid groups (broad SMARTS) is 2. The van der Waals surface area contributed by atoms with Crippen LogP contribution in [-0.4, -0.2) is 34.7 Å². The van der Waals surface area contributed by atoms with E-state index in [0.29, 0.717) is 13.0 Å². The molecule has 0 aromatic heterocycles. The number of carbonyl (C=O) groups is 2.